The minimum atomic E-state index is -3.88. The van der Waals surface area contributed by atoms with E-state index in [2.05, 4.69) is 20.0 Å². The van der Waals surface area contributed by atoms with Crippen LogP contribution in [0.1, 0.15) is 5.56 Å². The number of hydrogen-bond acceptors (Lipinski definition) is 8. The van der Waals surface area contributed by atoms with Crippen molar-refractivity contribution >= 4 is 33.3 Å². The molecule has 160 valence electrons. The van der Waals surface area contributed by atoms with Gasteiger partial charge in [0.15, 0.2) is 6.61 Å². The predicted molar refractivity (Wildman–Crippen MR) is 111 cm³/mol. The van der Waals surface area contributed by atoms with E-state index in [4.69, 9.17) is 4.74 Å². The Balaban J connectivity index is 1.57. The van der Waals surface area contributed by atoms with Gasteiger partial charge < -0.3 is 10.1 Å². The van der Waals surface area contributed by atoms with Gasteiger partial charge in [0.1, 0.15) is 5.75 Å². The van der Waals surface area contributed by atoms with Crippen molar-refractivity contribution < 1.29 is 22.9 Å². The maximum atomic E-state index is 12.3. The molecule has 1 amide bonds. The van der Waals surface area contributed by atoms with Gasteiger partial charge in [0.25, 0.3) is 21.6 Å². The third kappa shape index (κ3) is 5.73. The molecule has 0 fully saturated rings. The van der Waals surface area contributed by atoms with Gasteiger partial charge >= 0.3 is 0 Å². The van der Waals surface area contributed by atoms with Crippen LogP contribution in [0, 0.1) is 17.0 Å². The third-order valence-electron chi connectivity index (χ3n) is 3.97. The number of carbonyl (C=O) groups is 1. The molecular weight excluding hydrogens is 426 g/mol. The number of aryl methyl sites for hydroxylation is 1. The Labute approximate surface area is 177 Å². The number of anilines is 2. The largest absolute Gasteiger partial charge is 0.484 e. The number of nitro groups is 1. The first kappa shape index (κ1) is 21.6. The molecule has 1 heterocycles. The topological polar surface area (TPSA) is 153 Å². The van der Waals surface area contributed by atoms with E-state index in [0.29, 0.717) is 17.0 Å². The molecule has 0 radical (unpaired) electrons. The second-order valence-corrected chi connectivity index (χ2v) is 7.93. The van der Waals surface area contributed by atoms with Crippen molar-refractivity contribution in [2.24, 2.45) is 0 Å². The minimum Gasteiger partial charge on any atom is -0.484 e. The summed E-state index contributed by atoms with van der Waals surface area (Å²) in [6, 6.07) is 11.2. The van der Waals surface area contributed by atoms with Crippen LogP contribution in [0.25, 0.3) is 0 Å². The normalized spacial score (nSPS) is 10.9. The van der Waals surface area contributed by atoms with Gasteiger partial charge in [-0.1, -0.05) is 0 Å². The van der Waals surface area contributed by atoms with Gasteiger partial charge in [-0.15, -0.1) is 0 Å². The van der Waals surface area contributed by atoms with Gasteiger partial charge in [-0.05, 0) is 49.4 Å². The van der Waals surface area contributed by atoms with Crippen molar-refractivity contribution in [1.29, 1.82) is 0 Å². The molecule has 1 aromatic heterocycles. The highest BCUT2D eigenvalue weighted by atomic mass is 32.2. The van der Waals surface area contributed by atoms with E-state index >= 15 is 0 Å². The van der Waals surface area contributed by atoms with Crippen LogP contribution in [-0.2, 0) is 14.8 Å². The van der Waals surface area contributed by atoms with Crippen molar-refractivity contribution in [3.63, 3.8) is 0 Å². The molecule has 0 unspecified atom stereocenters. The molecule has 0 aliphatic carbocycles. The number of benzene rings is 2. The van der Waals surface area contributed by atoms with Crippen molar-refractivity contribution in [2.45, 2.75) is 11.8 Å². The van der Waals surface area contributed by atoms with Gasteiger partial charge in [-0.2, -0.15) is 0 Å². The smallest absolute Gasteiger partial charge is 0.272 e. The monoisotopic (exact) mass is 443 g/mol. The van der Waals surface area contributed by atoms with E-state index in [9.17, 15) is 23.3 Å². The maximum absolute atomic E-state index is 12.3. The summed E-state index contributed by atoms with van der Waals surface area (Å²) < 4.78 is 32.3. The Hall–Kier alpha value is -4.06. The lowest BCUT2D eigenvalue weighted by Crippen LogP contribution is -2.20. The molecule has 0 aliphatic heterocycles. The zero-order valence-corrected chi connectivity index (χ0v) is 17.0. The minimum absolute atomic E-state index is 0.0319. The Morgan fingerprint density at radius 1 is 1.13 bits per heavy atom. The molecule has 0 aliphatic rings. The van der Waals surface area contributed by atoms with Crippen molar-refractivity contribution in [2.75, 3.05) is 16.6 Å². The van der Waals surface area contributed by atoms with Crippen molar-refractivity contribution in [1.82, 2.24) is 9.97 Å². The number of hydrogen-bond donors (Lipinski definition) is 2. The summed E-state index contributed by atoms with van der Waals surface area (Å²) >= 11 is 0. The lowest BCUT2D eigenvalue weighted by Gasteiger charge is -2.09. The summed E-state index contributed by atoms with van der Waals surface area (Å²) in [5.41, 5.74) is 0.734. The zero-order valence-electron chi connectivity index (χ0n) is 16.2. The van der Waals surface area contributed by atoms with Crippen LogP contribution in [-0.4, -0.2) is 35.8 Å². The van der Waals surface area contributed by atoms with Crippen LogP contribution < -0.4 is 14.8 Å². The molecule has 2 aromatic carbocycles. The fourth-order valence-electron chi connectivity index (χ4n) is 2.52. The molecule has 0 atom stereocenters. The first-order valence-electron chi connectivity index (χ1n) is 8.82. The molecule has 12 heteroatoms. The molecule has 3 rings (SSSR count). The number of sulfonamides is 1. The Morgan fingerprint density at radius 3 is 2.42 bits per heavy atom. The SMILES string of the molecule is Cc1cc(OCC(=O)Nc2ccc(S(=O)(=O)Nc3ncccn3)cc2)ccc1[N+](=O)[O-]. The van der Waals surface area contributed by atoms with Gasteiger partial charge in [-0.3, -0.25) is 14.9 Å². The summed E-state index contributed by atoms with van der Waals surface area (Å²) in [4.78, 5) is 30.0. The number of amides is 1. The molecule has 0 saturated heterocycles. The number of nitrogens with one attached hydrogen (secondary N) is 2. The van der Waals surface area contributed by atoms with Gasteiger partial charge in [0.2, 0.25) is 5.95 Å². The second-order valence-electron chi connectivity index (χ2n) is 6.24. The second kappa shape index (κ2) is 9.17. The van der Waals surface area contributed by atoms with Gasteiger partial charge in [0, 0.05) is 29.7 Å². The van der Waals surface area contributed by atoms with E-state index in [0.717, 1.165) is 0 Å². The van der Waals surface area contributed by atoms with Gasteiger partial charge in [0.05, 0.1) is 9.82 Å². The van der Waals surface area contributed by atoms with E-state index < -0.39 is 20.9 Å². The molecule has 0 saturated carbocycles. The summed E-state index contributed by atoms with van der Waals surface area (Å²) in [5, 5.41) is 13.4. The standard InChI is InChI=1S/C19H17N5O6S/c1-13-11-15(5-8-17(13)24(26)27)30-12-18(25)22-14-3-6-16(7-4-14)31(28,29)23-19-20-9-2-10-21-19/h2-11H,12H2,1H3,(H,22,25)(H,20,21,23). The molecule has 11 nitrogen and oxygen atoms in total. The van der Waals surface area contributed by atoms with Crippen LogP contribution in [0.15, 0.2) is 65.8 Å². The van der Waals surface area contributed by atoms with E-state index in [1.165, 1.54) is 54.9 Å². The van der Waals surface area contributed by atoms with E-state index in [1.54, 1.807) is 13.0 Å². The van der Waals surface area contributed by atoms with Crippen molar-refractivity contribution in [3.8, 4) is 5.75 Å². The van der Waals surface area contributed by atoms with Crippen LogP contribution in [0.3, 0.4) is 0 Å². The fraction of sp³-hybridized carbons (Fsp3) is 0.105. The third-order valence-corrected chi connectivity index (χ3v) is 5.32. The lowest BCUT2D eigenvalue weighted by atomic mass is 10.2. The average molecular weight is 443 g/mol. The molecule has 31 heavy (non-hydrogen) atoms. The highest BCUT2D eigenvalue weighted by Gasteiger charge is 2.16. The van der Waals surface area contributed by atoms with Crippen molar-refractivity contribution in [3.05, 3.63) is 76.6 Å². The summed E-state index contributed by atoms with van der Waals surface area (Å²) in [7, 11) is -3.88. The Morgan fingerprint density at radius 2 is 1.81 bits per heavy atom. The summed E-state index contributed by atoms with van der Waals surface area (Å²) in [5.74, 6) is -0.227. The first-order valence-corrected chi connectivity index (χ1v) is 10.3. The highest BCUT2D eigenvalue weighted by Crippen LogP contribution is 2.23. The lowest BCUT2D eigenvalue weighted by molar-refractivity contribution is -0.385. The van der Waals surface area contributed by atoms with E-state index in [-0.39, 0.29) is 23.1 Å². The number of carbonyl (C=O) groups excluding carboxylic acids is 1. The van der Waals surface area contributed by atoms with Crippen LogP contribution in [0.2, 0.25) is 0 Å². The molecule has 0 bridgehead atoms. The summed E-state index contributed by atoms with van der Waals surface area (Å²) in [6.45, 7) is 1.24. The molecular formula is C19H17N5O6S. The zero-order chi connectivity index (χ0) is 22.4. The number of nitrogens with zero attached hydrogens (tertiary/aromatic N) is 3. The summed E-state index contributed by atoms with van der Waals surface area (Å²) in [6.07, 6.45) is 2.81. The Kier molecular flexibility index (Phi) is 6.40. The Bertz CT molecular complexity index is 1200. The molecule has 0 spiro atoms. The number of ether oxygens (including phenoxy) is 1. The maximum Gasteiger partial charge on any atom is 0.272 e. The fourth-order valence-corrected chi connectivity index (χ4v) is 3.47. The first-order chi connectivity index (χ1) is 14.7. The van der Waals surface area contributed by atoms with Crippen LogP contribution >= 0.6 is 0 Å². The average Bonchev–Trinajstić information content (AvgIpc) is 2.73. The number of aromatic nitrogens is 2. The number of rotatable bonds is 8. The molecule has 2 N–H and O–H groups in total. The van der Waals surface area contributed by atoms with Gasteiger partial charge in [-0.25, -0.2) is 23.1 Å². The number of nitro benzene ring substituents is 1. The predicted octanol–water partition coefficient (Wildman–Crippen LogP) is 2.51. The van der Waals surface area contributed by atoms with E-state index in [1.807, 2.05) is 0 Å². The quantitative estimate of drug-likeness (QED) is 0.398. The van der Waals surface area contributed by atoms with Crippen LogP contribution in [0.4, 0.5) is 17.3 Å². The highest BCUT2D eigenvalue weighted by molar-refractivity contribution is 7.92. The van der Waals surface area contributed by atoms with Crippen LogP contribution in [0.5, 0.6) is 5.75 Å². The molecule has 3 aromatic rings.